The van der Waals surface area contributed by atoms with Crippen molar-refractivity contribution in [1.29, 1.82) is 0 Å². The van der Waals surface area contributed by atoms with Crippen LogP contribution in [0.15, 0.2) is 48.9 Å². The van der Waals surface area contributed by atoms with Crippen molar-refractivity contribution in [3.63, 3.8) is 0 Å². The van der Waals surface area contributed by atoms with Crippen LogP contribution in [0, 0.1) is 18.7 Å². The van der Waals surface area contributed by atoms with Crippen molar-refractivity contribution in [2.45, 2.75) is 52.0 Å². The molecule has 1 aromatic carbocycles. The molecule has 9 nitrogen and oxygen atoms in total. The molecule has 2 aliphatic rings. The second kappa shape index (κ2) is 10.7. The maximum atomic E-state index is 14.3. The molecule has 0 bridgehead atoms. The predicted octanol–water partition coefficient (Wildman–Crippen LogP) is 5.00. The number of ether oxygens (including phenoxy) is 2. The molecule has 40 heavy (non-hydrogen) atoms. The lowest BCUT2D eigenvalue weighted by molar-refractivity contribution is -0.149. The lowest BCUT2D eigenvalue weighted by Gasteiger charge is -2.29. The number of amides is 1. The number of para-hydroxylation sites is 1. The fraction of sp³-hybridized carbons (Fsp3) is 0.367. The van der Waals surface area contributed by atoms with E-state index in [-0.39, 0.29) is 42.6 Å². The number of benzene rings is 1. The average Bonchev–Trinajstić information content (AvgIpc) is 3.29. The highest BCUT2D eigenvalue weighted by atomic mass is 19.1. The molecule has 1 aliphatic heterocycles. The molecule has 0 N–H and O–H groups in total. The molecular formula is C30H30FN5O4. The Hall–Kier alpha value is -4.34. The molecule has 1 aliphatic carbocycles. The van der Waals surface area contributed by atoms with Gasteiger partial charge >= 0.3 is 5.97 Å². The van der Waals surface area contributed by atoms with Gasteiger partial charge in [0, 0.05) is 35.6 Å². The largest absolute Gasteiger partial charge is 0.478 e. The first-order valence-corrected chi connectivity index (χ1v) is 13.6. The third-order valence-corrected chi connectivity index (χ3v) is 7.82. The number of carbonyl (C=O) groups excluding carboxylic acids is 2. The summed E-state index contributed by atoms with van der Waals surface area (Å²) in [7, 11) is 0. The molecule has 0 spiro atoms. The van der Waals surface area contributed by atoms with Gasteiger partial charge in [-0.3, -0.25) is 14.5 Å². The van der Waals surface area contributed by atoms with Gasteiger partial charge in [0.25, 0.3) is 5.91 Å². The highest BCUT2D eigenvalue weighted by molar-refractivity contribution is 5.97. The van der Waals surface area contributed by atoms with E-state index in [4.69, 9.17) is 9.47 Å². The minimum atomic E-state index is -0.498. The van der Waals surface area contributed by atoms with Crippen LogP contribution in [-0.4, -0.2) is 44.4 Å². The Balaban J connectivity index is 1.23. The molecular weight excluding hydrogens is 513 g/mol. The van der Waals surface area contributed by atoms with Gasteiger partial charge in [-0.1, -0.05) is 6.07 Å². The third-order valence-electron chi connectivity index (χ3n) is 7.82. The maximum Gasteiger partial charge on any atom is 0.308 e. The number of carbonyl (C=O) groups is 2. The normalized spacial score (nSPS) is 18.9. The van der Waals surface area contributed by atoms with Gasteiger partial charge in [-0.25, -0.2) is 19.3 Å². The molecule has 4 heterocycles. The zero-order valence-corrected chi connectivity index (χ0v) is 22.5. The fourth-order valence-electron chi connectivity index (χ4n) is 5.64. The van der Waals surface area contributed by atoms with Crippen LogP contribution in [-0.2, 0) is 20.9 Å². The molecule has 3 aromatic heterocycles. The molecule has 0 unspecified atom stereocenters. The van der Waals surface area contributed by atoms with Gasteiger partial charge in [0.05, 0.1) is 36.1 Å². The quantitative estimate of drug-likeness (QED) is 0.316. The van der Waals surface area contributed by atoms with E-state index in [0.717, 1.165) is 59.7 Å². The summed E-state index contributed by atoms with van der Waals surface area (Å²) >= 11 is 0. The number of halogens is 1. The van der Waals surface area contributed by atoms with Crippen LogP contribution in [0.1, 0.15) is 55.7 Å². The van der Waals surface area contributed by atoms with Gasteiger partial charge in [-0.15, -0.1) is 0 Å². The van der Waals surface area contributed by atoms with E-state index in [1.807, 2.05) is 49.0 Å². The Morgan fingerprint density at radius 2 is 1.88 bits per heavy atom. The number of pyridine rings is 1. The number of aryl methyl sites for hydroxylation is 1. The number of esters is 1. The Kier molecular flexibility index (Phi) is 6.91. The van der Waals surface area contributed by atoms with E-state index in [1.165, 1.54) is 6.07 Å². The number of imidazole rings is 1. The standard InChI is InChI=1S/C30H30FN5O4/c1-3-39-30(38)20-9-7-19(8-10-20)29-32-13-22(14-33-29)21-11-12-26-34-18(2)25(35(26)15-21)16-36-24-6-4-5-23(31)28(24)40-17-27(36)37/h4-6,11-15,19-20H,3,7-10,16-17H2,1-2H3. The lowest BCUT2D eigenvalue weighted by Crippen LogP contribution is -2.39. The monoisotopic (exact) mass is 543 g/mol. The van der Waals surface area contributed by atoms with E-state index in [0.29, 0.717) is 12.3 Å². The van der Waals surface area contributed by atoms with Gasteiger partial charge in [-0.05, 0) is 63.8 Å². The van der Waals surface area contributed by atoms with E-state index < -0.39 is 5.82 Å². The van der Waals surface area contributed by atoms with Gasteiger partial charge in [-0.2, -0.15) is 0 Å². The smallest absolute Gasteiger partial charge is 0.308 e. The molecule has 1 saturated carbocycles. The van der Waals surface area contributed by atoms with E-state index in [1.54, 1.807) is 17.0 Å². The lowest BCUT2D eigenvalue weighted by atomic mass is 9.81. The van der Waals surface area contributed by atoms with Crippen molar-refractivity contribution in [2.75, 3.05) is 18.1 Å². The Bertz CT molecular complexity index is 1580. The van der Waals surface area contributed by atoms with Crippen LogP contribution in [0.2, 0.25) is 0 Å². The molecule has 10 heteroatoms. The Morgan fingerprint density at radius 3 is 2.62 bits per heavy atom. The zero-order chi connectivity index (χ0) is 27.8. The summed E-state index contributed by atoms with van der Waals surface area (Å²) < 4.78 is 26.8. The van der Waals surface area contributed by atoms with E-state index in [2.05, 4.69) is 15.0 Å². The second-order valence-corrected chi connectivity index (χ2v) is 10.3. The molecule has 4 aromatic rings. The van der Waals surface area contributed by atoms with E-state index >= 15 is 0 Å². The first-order valence-electron chi connectivity index (χ1n) is 13.6. The van der Waals surface area contributed by atoms with Crippen LogP contribution < -0.4 is 9.64 Å². The van der Waals surface area contributed by atoms with Gasteiger partial charge in [0.2, 0.25) is 0 Å². The summed E-state index contributed by atoms with van der Waals surface area (Å²) in [6.45, 7) is 4.14. The van der Waals surface area contributed by atoms with Crippen LogP contribution in [0.4, 0.5) is 10.1 Å². The number of rotatable bonds is 6. The van der Waals surface area contributed by atoms with Crippen molar-refractivity contribution in [1.82, 2.24) is 19.4 Å². The van der Waals surface area contributed by atoms with Crippen LogP contribution >= 0.6 is 0 Å². The van der Waals surface area contributed by atoms with Crippen molar-refractivity contribution in [2.24, 2.45) is 5.92 Å². The maximum absolute atomic E-state index is 14.3. The number of hydrogen-bond donors (Lipinski definition) is 0. The van der Waals surface area contributed by atoms with Gasteiger partial charge < -0.3 is 13.9 Å². The number of fused-ring (bicyclic) bond motifs is 2. The Labute approximate surface area is 231 Å². The van der Waals surface area contributed by atoms with Crippen molar-refractivity contribution < 1.29 is 23.5 Å². The molecule has 6 rings (SSSR count). The minimum Gasteiger partial charge on any atom is -0.478 e. The molecule has 1 amide bonds. The second-order valence-electron chi connectivity index (χ2n) is 10.3. The summed E-state index contributed by atoms with van der Waals surface area (Å²) in [5, 5.41) is 0. The first-order chi connectivity index (χ1) is 19.4. The Morgan fingerprint density at radius 1 is 1.10 bits per heavy atom. The molecule has 0 saturated heterocycles. The zero-order valence-electron chi connectivity index (χ0n) is 22.5. The summed E-state index contributed by atoms with van der Waals surface area (Å²) in [5.41, 5.74) is 4.51. The predicted molar refractivity (Wildman–Crippen MR) is 145 cm³/mol. The molecule has 0 radical (unpaired) electrons. The number of nitrogens with zero attached hydrogens (tertiary/aromatic N) is 5. The summed E-state index contributed by atoms with van der Waals surface area (Å²) in [4.78, 5) is 40.4. The minimum absolute atomic E-state index is 0.0321. The van der Waals surface area contributed by atoms with Crippen LogP contribution in [0.25, 0.3) is 16.8 Å². The van der Waals surface area contributed by atoms with Crippen LogP contribution in [0.3, 0.4) is 0 Å². The average molecular weight is 544 g/mol. The third kappa shape index (κ3) is 4.78. The highest BCUT2D eigenvalue weighted by Crippen LogP contribution is 2.37. The van der Waals surface area contributed by atoms with Gasteiger partial charge in [0.1, 0.15) is 11.5 Å². The first kappa shape index (κ1) is 25.9. The van der Waals surface area contributed by atoms with Gasteiger partial charge in [0.15, 0.2) is 18.2 Å². The van der Waals surface area contributed by atoms with Crippen molar-refractivity contribution in [3.8, 4) is 16.9 Å². The molecule has 206 valence electrons. The molecule has 0 atom stereocenters. The van der Waals surface area contributed by atoms with Crippen LogP contribution in [0.5, 0.6) is 5.75 Å². The van der Waals surface area contributed by atoms with E-state index in [9.17, 15) is 14.0 Å². The number of hydrogen-bond acceptors (Lipinski definition) is 7. The summed E-state index contributed by atoms with van der Waals surface area (Å²) in [6, 6.07) is 8.46. The molecule has 1 fully saturated rings. The highest BCUT2D eigenvalue weighted by Gasteiger charge is 2.30. The van der Waals surface area contributed by atoms with Crippen molar-refractivity contribution >= 4 is 23.2 Å². The SMILES string of the molecule is CCOC(=O)C1CCC(c2ncc(-c3ccc4nc(C)c(CN5C(=O)COc6c(F)cccc65)n4c3)cn2)CC1. The topological polar surface area (TPSA) is 98.9 Å². The fourth-order valence-corrected chi connectivity index (χ4v) is 5.64. The number of anilines is 1. The van der Waals surface area contributed by atoms with Crippen molar-refractivity contribution in [3.05, 3.63) is 72.0 Å². The summed E-state index contributed by atoms with van der Waals surface area (Å²) in [5.74, 6) is 0.227. The number of aromatic nitrogens is 4. The summed E-state index contributed by atoms with van der Waals surface area (Å²) in [6.07, 6.45) is 8.92.